The van der Waals surface area contributed by atoms with Gasteiger partial charge < -0.3 is 9.45 Å². The van der Waals surface area contributed by atoms with Gasteiger partial charge in [-0.2, -0.15) is 16.8 Å². The minimum Gasteiger partial charge on any atom is -0.744 e. The van der Waals surface area contributed by atoms with Crippen LogP contribution < -0.4 is 4.90 Å². The van der Waals surface area contributed by atoms with Gasteiger partial charge in [-0.05, 0) is 73.0 Å². The molecule has 0 spiro atoms. The normalized spacial score (nSPS) is 15.5. The molecule has 0 aliphatic heterocycles. The van der Waals surface area contributed by atoms with Crippen LogP contribution in [0.1, 0.15) is 42.0 Å². The first-order valence-corrected chi connectivity index (χ1v) is 20.4. The van der Waals surface area contributed by atoms with Gasteiger partial charge in [0.1, 0.15) is 16.7 Å². The van der Waals surface area contributed by atoms with Crippen LogP contribution in [-0.4, -0.2) is 62.3 Å². The van der Waals surface area contributed by atoms with Gasteiger partial charge in [0.25, 0.3) is 20.2 Å². The van der Waals surface area contributed by atoms with Gasteiger partial charge in [0.15, 0.2) is 12.3 Å². The summed E-state index contributed by atoms with van der Waals surface area (Å²) in [5.74, 6) is -0.912. The number of allylic oxidation sites excluding steroid dienone is 4. The molecule has 5 rings (SSSR count). The van der Waals surface area contributed by atoms with Gasteiger partial charge >= 0.3 is 0 Å². The van der Waals surface area contributed by atoms with Crippen LogP contribution in [0.3, 0.4) is 0 Å². The van der Waals surface area contributed by atoms with E-state index in [0.717, 1.165) is 17.0 Å². The standard InChI is InChI=1S/C37H38N2O9S3/c1-3-38(25-27-9-7-11-33(23-27)49(40,41)42)31-19-15-29(16-20-31)37(35-13-5-6-14-36(35)51(46,47)48)30-17-21-32(22-18-30)39(4-2)26-28-10-8-12-34(24-28)50(43,44)45/h5-24,29,37H,3-4,25-26H2,1-2H3,(H2-,40,41,42,43,44,45,46,47,48). The Hall–Kier alpha value is -4.44. The molecule has 4 aromatic carbocycles. The third kappa shape index (κ3) is 9.27. The molecule has 0 saturated heterocycles. The largest absolute Gasteiger partial charge is 0.744 e. The fourth-order valence-electron chi connectivity index (χ4n) is 6.26. The van der Waals surface area contributed by atoms with E-state index in [4.69, 9.17) is 0 Å². The monoisotopic (exact) mass is 750 g/mol. The lowest BCUT2D eigenvalue weighted by Gasteiger charge is -2.29. The van der Waals surface area contributed by atoms with Crippen molar-refractivity contribution in [2.24, 2.45) is 5.92 Å². The van der Waals surface area contributed by atoms with E-state index >= 15 is 0 Å². The van der Waals surface area contributed by atoms with E-state index in [1.54, 1.807) is 36.4 Å². The lowest BCUT2D eigenvalue weighted by atomic mass is 9.78. The molecule has 14 heteroatoms. The highest BCUT2D eigenvalue weighted by Gasteiger charge is 2.28. The van der Waals surface area contributed by atoms with Gasteiger partial charge in [0.05, 0.1) is 14.7 Å². The predicted octanol–water partition coefficient (Wildman–Crippen LogP) is 5.66. The molecular formula is C37H38N2O9S3. The summed E-state index contributed by atoms with van der Waals surface area (Å²) in [6.07, 6.45) is 7.71. The molecule has 0 aromatic heterocycles. The first kappa shape index (κ1) is 37.8. The number of benzene rings is 4. The van der Waals surface area contributed by atoms with Crippen LogP contribution in [0.25, 0.3) is 0 Å². The molecule has 1 atom stereocenters. The van der Waals surface area contributed by atoms with E-state index in [1.807, 2.05) is 71.9 Å². The number of hydrogen-bond donors (Lipinski definition) is 2. The van der Waals surface area contributed by atoms with Gasteiger partial charge in [0, 0.05) is 48.3 Å². The molecule has 0 saturated carbocycles. The van der Waals surface area contributed by atoms with Crippen molar-refractivity contribution in [3.8, 4) is 0 Å². The van der Waals surface area contributed by atoms with E-state index in [9.17, 15) is 38.9 Å². The van der Waals surface area contributed by atoms with Crippen molar-refractivity contribution in [3.05, 3.63) is 144 Å². The van der Waals surface area contributed by atoms with Gasteiger partial charge in [-0.1, -0.05) is 66.7 Å². The summed E-state index contributed by atoms with van der Waals surface area (Å²) in [7, 11) is -13.5. The van der Waals surface area contributed by atoms with Crippen LogP contribution in [-0.2, 0) is 43.4 Å². The van der Waals surface area contributed by atoms with E-state index < -0.39 is 36.3 Å². The van der Waals surface area contributed by atoms with Crippen molar-refractivity contribution in [1.29, 1.82) is 0 Å². The van der Waals surface area contributed by atoms with Crippen LogP contribution in [0.4, 0.5) is 5.69 Å². The highest BCUT2D eigenvalue weighted by Crippen LogP contribution is 2.39. The molecule has 2 N–H and O–H groups in total. The average molecular weight is 751 g/mol. The summed E-state index contributed by atoms with van der Waals surface area (Å²) >= 11 is 0. The smallest absolute Gasteiger partial charge is 0.294 e. The van der Waals surface area contributed by atoms with Gasteiger partial charge in [-0.25, -0.2) is 13.0 Å². The highest BCUT2D eigenvalue weighted by molar-refractivity contribution is 7.86. The number of anilines is 1. The summed E-state index contributed by atoms with van der Waals surface area (Å²) < 4.78 is 105. The van der Waals surface area contributed by atoms with Crippen molar-refractivity contribution >= 4 is 41.8 Å². The molecule has 51 heavy (non-hydrogen) atoms. The maximum atomic E-state index is 12.4. The maximum Gasteiger partial charge on any atom is 0.294 e. The summed E-state index contributed by atoms with van der Waals surface area (Å²) in [4.78, 5) is 1.33. The highest BCUT2D eigenvalue weighted by atomic mass is 32.2. The lowest BCUT2D eigenvalue weighted by Crippen LogP contribution is -2.23. The molecule has 1 aliphatic carbocycles. The van der Waals surface area contributed by atoms with Crippen LogP contribution in [0.5, 0.6) is 0 Å². The Morgan fingerprint density at radius 2 is 1.31 bits per heavy atom. The third-order valence-corrected chi connectivity index (χ3v) is 11.4. The molecular weight excluding hydrogens is 713 g/mol. The van der Waals surface area contributed by atoms with Crippen molar-refractivity contribution in [3.63, 3.8) is 0 Å². The molecule has 0 amide bonds. The van der Waals surface area contributed by atoms with Gasteiger partial charge in [-0.15, -0.1) is 0 Å². The minimum absolute atomic E-state index is 0.190. The summed E-state index contributed by atoms with van der Waals surface area (Å²) in [6, 6.07) is 25.9. The predicted molar refractivity (Wildman–Crippen MR) is 193 cm³/mol. The molecule has 11 nitrogen and oxygen atoms in total. The van der Waals surface area contributed by atoms with Gasteiger partial charge in [-0.3, -0.25) is 9.11 Å². The van der Waals surface area contributed by atoms with Crippen molar-refractivity contribution in [2.45, 2.75) is 47.5 Å². The van der Waals surface area contributed by atoms with Crippen LogP contribution in [0.2, 0.25) is 0 Å². The fraction of sp³-hybridized carbons (Fsp3) is 0.216. The quantitative estimate of drug-likeness (QED) is 0.128. The fourth-order valence-corrected chi connectivity index (χ4v) is 8.09. The Morgan fingerprint density at radius 1 is 0.745 bits per heavy atom. The second-order valence-corrected chi connectivity index (χ2v) is 16.2. The van der Waals surface area contributed by atoms with Crippen molar-refractivity contribution < 1.29 is 43.5 Å². The first-order chi connectivity index (χ1) is 24.1. The Bertz CT molecular complexity index is 2320. The zero-order valence-corrected chi connectivity index (χ0v) is 30.4. The lowest BCUT2D eigenvalue weighted by molar-refractivity contribution is -0.539. The van der Waals surface area contributed by atoms with Gasteiger partial charge in [0.2, 0.25) is 0 Å². The Morgan fingerprint density at radius 3 is 1.86 bits per heavy atom. The summed E-state index contributed by atoms with van der Waals surface area (Å²) in [5, 5.41) is 0. The van der Waals surface area contributed by atoms with Crippen LogP contribution >= 0.6 is 0 Å². The Kier molecular flexibility index (Phi) is 11.4. The Labute approximate surface area is 299 Å². The SMILES string of the molecule is CCN(Cc1cccc(S(=O)(=O)O)c1)c1ccc(C(c2ccccc2S(=O)(=O)[O-])C2C=CC(=[N+](CC)Cc3cccc(S(=O)(=O)O)c3)C=C2)cc1. The third-order valence-electron chi connectivity index (χ3n) is 8.77. The second kappa shape index (κ2) is 15.4. The number of rotatable bonds is 13. The van der Waals surface area contributed by atoms with E-state index in [1.165, 1.54) is 36.4 Å². The molecule has 0 heterocycles. The average Bonchev–Trinajstić information content (AvgIpc) is 3.10. The molecule has 1 unspecified atom stereocenters. The molecule has 0 fully saturated rings. The summed E-state index contributed by atoms with van der Waals surface area (Å²) in [5.41, 5.74) is 4.14. The number of nitrogens with zero attached hydrogens (tertiary/aromatic N) is 2. The summed E-state index contributed by atoms with van der Waals surface area (Å²) in [6.45, 7) is 5.80. The molecule has 0 radical (unpaired) electrons. The molecule has 0 bridgehead atoms. The minimum atomic E-state index is -4.82. The second-order valence-electron chi connectivity index (χ2n) is 12.1. The van der Waals surface area contributed by atoms with E-state index in [2.05, 4.69) is 0 Å². The zero-order chi connectivity index (χ0) is 37.0. The number of hydrogen-bond acceptors (Lipinski definition) is 8. The van der Waals surface area contributed by atoms with E-state index in [-0.39, 0.29) is 20.6 Å². The topological polar surface area (TPSA) is 172 Å². The van der Waals surface area contributed by atoms with Crippen molar-refractivity contribution in [1.82, 2.24) is 0 Å². The Balaban J connectivity index is 1.48. The molecule has 4 aromatic rings. The maximum absolute atomic E-state index is 12.4. The first-order valence-electron chi connectivity index (χ1n) is 16.1. The van der Waals surface area contributed by atoms with E-state index in [0.29, 0.717) is 42.9 Å². The zero-order valence-electron chi connectivity index (χ0n) is 27.9. The van der Waals surface area contributed by atoms with Crippen LogP contribution in [0.15, 0.2) is 136 Å². The molecule has 268 valence electrons. The van der Waals surface area contributed by atoms with Crippen LogP contribution in [0, 0.1) is 5.92 Å². The molecule has 1 aliphatic rings. The van der Waals surface area contributed by atoms with Crippen molar-refractivity contribution in [2.75, 3.05) is 18.0 Å².